The van der Waals surface area contributed by atoms with Gasteiger partial charge in [0.15, 0.2) is 0 Å². The van der Waals surface area contributed by atoms with Gasteiger partial charge in [-0.15, -0.1) is 0 Å². The summed E-state index contributed by atoms with van der Waals surface area (Å²) in [4.78, 5) is 12.2. The molecule has 0 fully saturated rings. The van der Waals surface area contributed by atoms with Gasteiger partial charge in [0.05, 0.1) is 22.5 Å². The molecule has 10 heteroatoms. The fourth-order valence-electron chi connectivity index (χ4n) is 4.48. The number of sulfone groups is 1. The minimum absolute atomic E-state index is 0.0244. The molecule has 0 bridgehead atoms. The average molecular weight is 568 g/mol. The first kappa shape index (κ1) is 27.2. The second-order valence-corrected chi connectivity index (χ2v) is 11.1. The lowest BCUT2D eigenvalue weighted by atomic mass is 9.97. The first-order chi connectivity index (χ1) is 19.6. The van der Waals surface area contributed by atoms with Crippen LogP contribution in [0.2, 0.25) is 0 Å². The summed E-state index contributed by atoms with van der Waals surface area (Å²) in [5.74, 6) is -0.142. The van der Waals surface area contributed by atoms with Gasteiger partial charge in [0, 0.05) is 22.4 Å². The summed E-state index contributed by atoms with van der Waals surface area (Å²) in [6, 6.07) is 25.5. The molecule has 9 nitrogen and oxygen atoms in total. The van der Waals surface area contributed by atoms with Crippen LogP contribution >= 0.6 is 0 Å². The molecular weight excluding hydrogens is 542 g/mol. The second kappa shape index (κ2) is 10.7. The van der Waals surface area contributed by atoms with Crippen LogP contribution in [0.3, 0.4) is 0 Å². The molecule has 5 aromatic carbocycles. The fraction of sp³-hybridized carbons (Fsp3) is 0.0323. The molecule has 5 rings (SSSR count). The van der Waals surface area contributed by atoms with Crippen molar-refractivity contribution in [2.75, 3.05) is 12.8 Å². The molecule has 0 saturated carbocycles. The van der Waals surface area contributed by atoms with Crippen LogP contribution in [0.15, 0.2) is 107 Å². The van der Waals surface area contributed by atoms with Crippen molar-refractivity contribution in [2.24, 2.45) is 5.73 Å². The Morgan fingerprint density at radius 3 is 2.15 bits per heavy atom. The van der Waals surface area contributed by atoms with E-state index in [4.69, 9.17) is 26.4 Å². The summed E-state index contributed by atoms with van der Waals surface area (Å²) in [5.41, 5.74) is 12.5. The SMILES string of the molecule is COc1ccc(S(=O)(=O)c2ccc(Oc3ccc4cc(C(=N)N)ccc4c3)c(-c3cccc(N)c3C(=O)O)c2)cc1. The lowest BCUT2D eigenvalue weighted by Gasteiger charge is -2.16. The number of carboxylic acid groups (broad SMARTS) is 1. The molecule has 0 saturated heterocycles. The number of nitrogens with one attached hydrogen (secondary N) is 1. The maximum Gasteiger partial charge on any atom is 0.338 e. The molecule has 0 unspecified atom stereocenters. The van der Waals surface area contributed by atoms with Gasteiger partial charge in [-0.25, -0.2) is 13.2 Å². The van der Waals surface area contributed by atoms with Crippen molar-refractivity contribution in [3.05, 3.63) is 108 Å². The maximum atomic E-state index is 13.5. The fourth-order valence-corrected chi connectivity index (χ4v) is 5.77. The highest BCUT2D eigenvalue weighted by Gasteiger charge is 2.24. The number of fused-ring (bicyclic) bond motifs is 1. The number of carboxylic acids is 1. The Hall–Kier alpha value is -5.35. The number of benzene rings is 5. The van der Waals surface area contributed by atoms with Crippen LogP contribution in [0, 0.1) is 5.41 Å². The Morgan fingerprint density at radius 2 is 1.46 bits per heavy atom. The van der Waals surface area contributed by atoms with E-state index in [2.05, 4.69) is 0 Å². The molecule has 0 spiro atoms. The third-order valence-corrected chi connectivity index (χ3v) is 8.35. The first-order valence-corrected chi connectivity index (χ1v) is 13.8. The quantitative estimate of drug-likeness (QED) is 0.105. The van der Waals surface area contributed by atoms with Gasteiger partial charge in [-0.05, 0) is 77.5 Å². The van der Waals surface area contributed by atoms with Gasteiger partial charge >= 0.3 is 5.97 Å². The second-order valence-electron chi connectivity index (χ2n) is 9.15. The van der Waals surface area contributed by atoms with Gasteiger partial charge in [0.2, 0.25) is 9.84 Å². The molecule has 0 aliphatic heterocycles. The number of ether oxygens (including phenoxy) is 2. The summed E-state index contributed by atoms with van der Waals surface area (Å²) in [6.07, 6.45) is 0. The van der Waals surface area contributed by atoms with Crippen molar-refractivity contribution in [3.63, 3.8) is 0 Å². The van der Waals surface area contributed by atoms with Gasteiger partial charge in [0.1, 0.15) is 23.1 Å². The molecular formula is C31H25N3O6S. The number of hydrogen-bond donors (Lipinski definition) is 4. The molecule has 0 aromatic heterocycles. The van der Waals surface area contributed by atoms with Crippen molar-refractivity contribution < 1.29 is 27.8 Å². The predicted octanol–water partition coefficient (Wildman–Crippen LogP) is 5.70. The maximum absolute atomic E-state index is 13.5. The van der Waals surface area contributed by atoms with Gasteiger partial charge in [0.25, 0.3) is 0 Å². The molecule has 0 aliphatic rings. The molecule has 0 aliphatic carbocycles. The average Bonchev–Trinajstić information content (AvgIpc) is 2.96. The summed E-state index contributed by atoms with van der Waals surface area (Å²) >= 11 is 0. The van der Waals surface area contributed by atoms with E-state index in [1.165, 1.54) is 43.5 Å². The number of nitrogen functional groups attached to an aromatic ring is 2. The predicted molar refractivity (Wildman–Crippen MR) is 157 cm³/mol. The summed E-state index contributed by atoms with van der Waals surface area (Å²) in [7, 11) is -2.50. The van der Waals surface area contributed by atoms with Gasteiger partial charge in [-0.1, -0.05) is 30.3 Å². The third kappa shape index (κ3) is 5.28. The lowest BCUT2D eigenvalue weighted by Crippen LogP contribution is -2.10. The number of hydrogen-bond acceptors (Lipinski definition) is 7. The van der Waals surface area contributed by atoms with Crippen LogP contribution < -0.4 is 20.9 Å². The molecule has 0 radical (unpaired) electrons. The topological polar surface area (TPSA) is 166 Å². The standard InChI is InChI=1S/C31H25N3O6S/c1-39-21-9-11-23(12-10-21)41(37,38)24-13-14-28(26(17-24)25-3-2-4-27(32)29(25)31(35)36)40-22-8-7-18-15-20(30(33)34)6-5-19(18)16-22/h2-17H,32H2,1H3,(H3,33,34)(H,35,36). The van der Waals surface area contributed by atoms with E-state index in [1.807, 2.05) is 12.1 Å². The smallest absolute Gasteiger partial charge is 0.338 e. The molecule has 0 heterocycles. The Morgan fingerprint density at radius 1 is 0.805 bits per heavy atom. The van der Waals surface area contributed by atoms with E-state index in [9.17, 15) is 18.3 Å². The molecule has 0 amide bonds. The largest absolute Gasteiger partial charge is 0.497 e. The minimum atomic E-state index is -3.98. The normalized spacial score (nSPS) is 11.2. The Balaban J connectivity index is 1.65. The molecule has 6 N–H and O–H groups in total. The van der Waals surface area contributed by atoms with Crippen LogP contribution in [-0.4, -0.2) is 32.4 Å². The Bertz CT molecular complexity index is 1940. The molecule has 206 valence electrons. The third-order valence-electron chi connectivity index (χ3n) is 6.58. The van der Waals surface area contributed by atoms with Gasteiger partial charge in [-0.3, -0.25) is 5.41 Å². The Kier molecular flexibility index (Phi) is 7.08. The van der Waals surface area contributed by atoms with Crippen LogP contribution in [0.4, 0.5) is 5.69 Å². The summed E-state index contributed by atoms with van der Waals surface area (Å²) in [5, 5.41) is 19.3. The highest BCUT2D eigenvalue weighted by Crippen LogP contribution is 2.40. The van der Waals surface area contributed by atoms with Crippen LogP contribution in [0.25, 0.3) is 21.9 Å². The van der Waals surface area contributed by atoms with E-state index >= 15 is 0 Å². The van der Waals surface area contributed by atoms with Gasteiger partial charge < -0.3 is 26.0 Å². The molecule has 41 heavy (non-hydrogen) atoms. The number of anilines is 1. The van der Waals surface area contributed by atoms with Crippen molar-refractivity contribution in [3.8, 4) is 28.4 Å². The van der Waals surface area contributed by atoms with E-state index in [0.717, 1.165) is 10.8 Å². The van der Waals surface area contributed by atoms with E-state index in [0.29, 0.717) is 17.1 Å². The lowest BCUT2D eigenvalue weighted by molar-refractivity contribution is 0.0699. The Labute approximate surface area is 236 Å². The number of rotatable bonds is 8. The number of aromatic carboxylic acids is 1. The summed E-state index contributed by atoms with van der Waals surface area (Å²) < 4.78 is 38.4. The van der Waals surface area contributed by atoms with E-state index in [-0.39, 0.29) is 43.8 Å². The zero-order chi connectivity index (χ0) is 29.3. The van der Waals surface area contributed by atoms with Crippen molar-refractivity contribution >= 4 is 38.1 Å². The first-order valence-electron chi connectivity index (χ1n) is 12.3. The number of nitrogens with two attached hydrogens (primary N) is 2. The monoisotopic (exact) mass is 567 g/mol. The number of carbonyl (C=O) groups is 1. The highest BCUT2D eigenvalue weighted by atomic mass is 32.2. The van der Waals surface area contributed by atoms with Crippen LogP contribution in [0.5, 0.6) is 17.2 Å². The number of amidine groups is 1. The van der Waals surface area contributed by atoms with Crippen molar-refractivity contribution in [1.29, 1.82) is 5.41 Å². The van der Waals surface area contributed by atoms with Crippen molar-refractivity contribution in [1.82, 2.24) is 0 Å². The van der Waals surface area contributed by atoms with Crippen LogP contribution in [0.1, 0.15) is 15.9 Å². The number of methoxy groups -OCH3 is 1. The summed E-state index contributed by atoms with van der Waals surface area (Å²) in [6.45, 7) is 0. The molecule has 0 atom stereocenters. The van der Waals surface area contributed by atoms with Crippen molar-refractivity contribution in [2.45, 2.75) is 9.79 Å². The zero-order valence-corrected chi connectivity index (χ0v) is 22.6. The molecule has 5 aromatic rings. The minimum Gasteiger partial charge on any atom is -0.497 e. The van der Waals surface area contributed by atoms with E-state index < -0.39 is 15.8 Å². The highest BCUT2D eigenvalue weighted by molar-refractivity contribution is 7.91. The van der Waals surface area contributed by atoms with Gasteiger partial charge in [-0.2, -0.15) is 0 Å². The zero-order valence-electron chi connectivity index (χ0n) is 21.8. The van der Waals surface area contributed by atoms with Crippen LogP contribution in [-0.2, 0) is 9.84 Å². The van der Waals surface area contributed by atoms with E-state index in [1.54, 1.807) is 48.5 Å².